The molecule has 0 saturated heterocycles. The second-order valence-electron chi connectivity index (χ2n) is 3.57. The summed E-state index contributed by atoms with van der Waals surface area (Å²) < 4.78 is 11.1. The summed E-state index contributed by atoms with van der Waals surface area (Å²) in [6.45, 7) is 9.74. The molecule has 2 N–H and O–H groups in total. The Morgan fingerprint density at radius 1 is 1.15 bits per heavy atom. The van der Waals surface area contributed by atoms with Gasteiger partial charge in [0.2, 0.25) is 0 Å². The molecule has 0 aromatic heterocycles. The first kappa shape index (κ1) is 13.1. The van der Waals surface area contributed by atoms with E-state index >= 15 is 0 Å². The van der Waals surface area contributed by atoms with Gasteiger partial charge in [0.15, 0.2) is 0 Å². The molecular formula is C9H23NO2Si. The number of hydrogen-bond acceptors (Lipinski definition) is 3. The lowest BCUT2D eigenvalue weighted by atomic mass is 10.1. The smallest absolute Gasteiger partial charge is 0.338 e. The molecule has 1 atom stereocenters. The van der Waals surface area contributed by atoms with Gasteiger partial charge in [-0.25, -0.2) is 0 Å². The van der Waals surface area contributed by atoms with Crippen molar-refractivity contribution in [3.05, 3.63) is 0 Å². The van der Waals surface area contributed by atoms with Crippen LogP contribution in [0.1, 0.15) is 34.1 Å². The van der Waals surface area contributed by atoms with Crippen LogP contribution in [0.3, 0.4) is 0 Å². The third kappa shape index (κ3) is 6.21. The molecule has 4 heteroatoms. The fourth-order valence-electron chi connectivity index (χ4n) is 1.28. The van der Waals surface area contributed by atoms with Gasteiger partial charge in [0.05, 0.1) is 0 Å². The first-order valence-corrected chi connectivity index (χ1v) is 6.71. The molecule has 0 bridgehead atoms. The molecule has 0 fully saturated rings. The van der Waals surface area contributed by atoms with E-state index in [2.05, 4.69) is 13.8 Å². The lowest BCUT2D eigenvalue weighted by molar-refractivity contribution is 0.201. The minimum atomic E-state index is -1.61. The summed E-state index contributed by atoms with van der Waals surface area (Å²) in [6.07, 6.45) is 0.997. The Kier molecular flexibility index (Phi) is 7.55. The molecule has 0 aromatic rings. The van der Waals surface area contributed by atoms with Crippen LogP contribution in [0, 0.1) is 5.92 Å². The fraction of sp³-hybridized carbons (Fsp3) is 1.00. The van der Waals surface area contributed by atoms with Crippen molar-refractivity contribution in [3.8, 4) is 0 Å². The molecule has 0 aliphatic carbocycles. The van der Waals surface area contributed by atoms with E-state index < -0.39 is 9.28 Å². The van der Waals surface area contributed by atoms with Crippen molar-refractivity contribution in [1.82, 2.24) is 0 Å². The molecule has 0 radical (unpaired) electrons. The highest BCUT2D eigenvalue weighted by atomic mass is 28.3. The second kappa shape index (κ2) is 7.50. The molecule has 0 aromatic carbocycles. The normalized spacial score (nSPS) is 14.1. The van der Waals surface area contributed by atoms with Crippen LogP contribution in [0.15, 0.2) is 0 Å². The Morgan fingerprint density at radius 3 is 1.92 bits per heavy atom. The van der Waals surface area contributed by atoms with E-state index in [9.17, 15) is 0 Å². The van der Waals surface area contributed by atoms with Crippen molar-refractivity contribution in [2.45, 2.75) is 39.8 Å². The van der Waals surface area contributed by atoms with Crippen molar-refractivity contribution in [1.29, 1.82) is 0 Å². The zero-order valence-corrected chi connectivity index (χ0v) is 10.4. The molecule has 0 rings (SSSR count). The summed E-state index contributed by atoms with van der Waals surface area (Å²) >= 11 is 0. The SMILES string of the molecule is CCO[SiH](OCC)C(N)CC(C)C. The first-order chi connectivity index (χ1) is 6.11. The van der Waals surface area contributed by atoms with Gasteiger partial charge in [-0.05, 0) is 26.2 Å². The third-order valence-electron chi connectivity index (χ3n) is 1.76. The van der Waals surface area contributed by atoms with E-state index in [4.69, 9.17) is 14.6 Å². The van der Waals surface area contributed by atoms with E-state index in [1.165, 1.54) is 0 Å². The van der Waals surface area contributed by atoms with Gasteiger partial charge in [0.1, 0.15) is 0 Å². The minimum absolute atomic E-state index is 0.125. The van der Waals surface area contributed by atoms with Crippen LogP contribution < -0.4 is 5.73 Å². The summed E-state index contributed by atoms with van der Waals surface area (Å²) in [5.74, 6) is 0.617. The minimum Gasteiger partial charge on any atom is -0.396 e. The maximum atomic E-state index is 6.00. The highest BCUT2D eigenvalue weighted by Crippen LogP contribution is 2.07. The van der Waals surface area contributed by atoms with E-state index in [0.29, 0.717) is 19.1 Å². The molecule has 0 aliphatic heterocycles. The molecule has 13 heavy (non-hydrogen) atoms. The van der Waals surface area contributed by atoms with Gasteiger partial charge in [0, 0.05) is 18.9 Å². The Labute approximate surface area is 83.5 Å². The van der Waals surface area contributed by atoms with Crippen molar-refractivity contribution in [3.63, 3.8) is 0 Å². The quantitative estimate of drug-likeness (QED) is 0.635. The Bertz CT molecular complexity index is 116. The lowest BCUT2D eigenvalue weighted by Gasteiger charge is -2.22. The van der Waals surface area contributed by atoms with Crippen LogP contribution in [0.4, 0.5) is 0 Å². The Balaban J connectivity index is 3.86. The molecule has 80 valence electrons. The maximum absolute atomic E-state index is 6.00. The molecule has 0 aliphatic rings. The van der Waals surface area contributed by atoms with Crippen LogP contribution in [-0.4, -0.2) is 28.2 Å². The predicted octanol–water partition coefficient (Wildman–Crippen LogP) is 1.19. The Hall–Kier alpha value is 0.0969. The van der Waals surface area contributed by atoms with Gasteiger partial charge in [0.25, 0.3) is 0 Å². The average molecular weight is 205 g/mol. The summed E-state index contributed by atoms with van der Waals surface area (Å²) in [4.78, 5) is 0. The zero-order chi connectivity index (χ0) is 10.3. The number of nitrogens with two attached hydrogens (primary N) is 1. The maximum Gasteiger partial charge on any atom is 0.338 e. The lowest BCUT2D eigenvalue weighted by Crippen LogP contribution is -2.44. The van der Waals surface area contributed by atoms with E-state index in [1.807, 2.05) is 13.8 Å². The highest BCUT2D eigenvalue weighted by Gasteiger charge is 2.22. The molecule has 0 heterocycles. The molecule has 1 unspecified atom stereocenters. The standard InChI is InChI=1S/C9H23NO2Si/c1-5-11-13(12-6-2)9(10)7-8(3)4/h8-9,13H,5-7,10H2,1-4H3. The summed E-state index contributed by atoms with van der Waals surface area (Å²) in [5.41, 5.74) is 6.13. The topological polar surface area (TPSA) is 44.5 Å². The first-order valence-electron chi connectivity index (χ1n) is 5.10. The van der Waals surface area contributed by atoms with Gasteiger partial charge >= 0.3 is 9.28 Å². The van der Waals surface area contributed by atoms with Crippen LogP contribution in [0.25, 0.3) is 0 Å². The summed E-state index contributed by atoms with van der Waals surface area (Å²) in [7, 11) is -1.61. The van der Waals surface area contributed by atoms with E-state index in [-0.39, 0.29) is 5.67 Å². The van der Waals surface area contributed by atoms with E-state index in [0.717, 1.165) is 6.42 Å². The second-order valence-corrected chi connectivity index (χ2v) is 5.83. The fourth-order valence-corrected chi connectivity index (χ4v) is 3.29. The number of rotatable bonds is 7. The number of hydrogen-bond donors (Lipinski definition) is 1. The van der Waals surface area contributed by atoms with Gasteiger partial charge in [-0.3, -0.25) is 0 Å². The van der Waals surface area contributed by atoms with Crippen LogP contribution >= 0.6 is 0 Å². The molecule has 0 amide bonds. The molecule has 0 spiro atoms. The predicted molar refractivity (Wildman–Crippen MR) is 57.8 cm³/mol. The largest absolute Gasteiger partial charge is 0.396 e. The van der Waals surface area contributed by atoms with Gasteiger partial charge in [-0.15, -0.1) is 0 Å². The van der Waals surface area contributed by atoms with Crippen LogP contribution in [-0.2, 0) is 8.85 Å². The summed E-state index contributed by atoms with van der Waals surface area (Å²) in [5, 5.41) is 0. The van der Waals surface area contributed by atoms with Crippen LogP contribution in [0.2, 0.25) is 0 Å². The molecule has 3 nitrogen and oxygen atoms in total. The summed E-state index contributed by atoms with van der Waals surface area (Å²) in [6, 6.07) is 0. The van der Waals surface area contributed by atoms with Gasteiger partial charge in [-0.1, -0.05) is 13.8 Å². The monoisotopic (exact) mass is 205 g/mol. The van der Waals surface area contributed by atoms with E-state index in [1.54, 1.807) is 0 Å². The third-order valence-corrected chi connectivity index (χ3v) is 4.05. The van der Waals surface area contributed by atoms with Gasteiger partial charge in [-0.2, -0.15) is 0 Å². The Morgan fingerprint density at radius 2 is 1.62 bits per heavy atom. The highest BCUT2D eigenvalue weighted by molar-refractivity contribution is 6.46. The molecular weight excluding hydrogens is 182 g/mol. The average Bonchev–Trinajstić information content (AvgIpc) is 2.02. The van der Waals surface area contributed by atoms with Gasteiger partial charge < -0.3 is 14.6 Å². The van der Waals surface area contributed by atoms with Crippen molar-refractivity contribution in [2.24, 2.45) is 11.7 Å². The van der Waals surface area contributed by atoms with Crippen molar-refractivity contribution >= 4 is 9.28 Å². The van der Waals surface area contributed by atoms with Crippen molar-refractivity contribution < 1.29 is 8.85 Å². The molecule has 0 saturated carbocycles. The van der Waals surface area contributed by atoms with Crippen LogP contribution in [0.5, 0.6) is 0 Å². The van der Waals surface area contributed by atoms with Crippen molar-refractivity contribution in [2.75, 3.05) is 13.2 Å². The zero-order valence-electron chi connectivity index (χ0n) is 9.25.